The van der Waals surface area contributed by atoms with Crippen molar-refractivity contribution in [3.63, 3.8) is 0 Å². The largest absolute Gasteiger partial charge is 0.271 e. The molecule has 0 aromatic heterocycles. The fraction of sp³-hybridized carbons (Fsp3) is 0.294. The number of hydrogen-bond donors (Lipinski definition) is 2. The summed E-state index contributed by atoms with van der Waals surface area (Å²) < 4.78 is 0.983. The first-order valence-electron chi connectivity index (χ1n) is 6.90. The third-order valence-electron chi connectivity index (χ3n) is 3.73. The molecule has 0 heterocycles. The van der Waals surface area contributed by atoms with Crippen molar-refractivity contribution in [3.8, 4) is 0 Å². The molecule has 0 saturated heterocycles. The van der Waals surface area contributed by atoms with Crippen LogP contribution in [0.3, 0.4) is 0 Å². The summed E-state index contributed by atoms with van der Waals surface area (Å²) in [6, 6.07) is 10.4. The molecule has 21 heavy (non-hydrogen) atoms. The highest BCUT2D eigenvalue weighted by Gasteiger charge is 2.17. The van der Waals surface area contributed by atoms with E-state index in [9.17, 15) is 0 Å². The first-order valence-corrected chi connectivity index (χ1v) is 8.07. The molecule has 0 aliphatic rings. The molecule has 0 aliphatic carbocycles. The molecule has 4 heteroatoms. The van der Waals surface area contributed by atoms with Crippen molar-refractivity contribution < 1.29 is 0 Å². The molecule has 0 amide bonds. The first-order chi connectivity index (χ1) is 9.92. The first kappa shape index (κ1) is 16.5. The number of nitrogens with two attached hydrogens (primary N) is 1. The maximum Gasteiger partial charge on any atom is 0.0506 e. The maximum atomic E-state index is 6.32. The van der Waals surface area contributed by atoms with Crippen molar-refractivity contribution in [2.75, 3.05) is 0 Å². The molecule has 0 radical (unpaired) electrons. The van der Waals surface area contributed by atoms with Crippen LogP contribution in [0.4, 0.5) is 0 Å². The minimum absolute atomic E-state index is 0.0456. The van der Waals surface area contributed by atoms with Gasteiger partial charge >= 0.3 is 0 Å². The van der Waals surface area contributed by atoms with Crippen LogP contribution in [0, 0.1) is 20.8 Å². The van der Waals surface area contributed by atoms with Crippen molar-refractivity contribution in [1.29, 1.82) is 0 Å². The van der Waals surface area contributed by atoms with Gasteiger partial charge in [0.05, 0.1) is 6.04 Å². The minimum atomic E-state index is 0.0456. The van der Waals surface area contributed by atoms with E-state index in [0.717, 1.165) is 21.5 Å². The van der Waals surface area contributed by atoms with Gasteiger partial charge in [0, 0.05) is 9.50 Å². The zero-order chi connectivity index (χ0) is 15.6. The molecule has 0 aliphatic heterocycles. The lowest BCUT2D eigenvalue weighted by Crippen LogP contribution is -2.30. The van der Waals surface area contributed by atoms with Crippen LogP contribution in [0.2, 0.25) is 5.02 Å². The zero-order valence-electron chi connectivity index (χ0n) is 12.5. The van der Waals surface area contributed by atoms with Gasteiger partial charge < -0.3 is 0 Å². The van der Waals surface area contributed by atoms with Crippen LogP contribution >= 0.6 is 27.5 Å². The molecule has 2 aromatic carbocycles. The van der Waals surface area contributed by atoms with E-state index in [4.69, 9.17) is 17.4 Å². The summed E-state index contributed by atoms with van der Waals surface area (Å²) in [5.74, 6) is 5.81. The number of aryl methyl sites for hydroxylation is 3. The average Bonchev–Trinajstić information content (AvgIpc) is 2.39. The quantitative estimate of drug-likeness (QED) is 0.603. The molecule has 112 valence electrons. The summed E-state index contributed by atoms with van der Waals surface area (Å²) in [7, 11) is 0. The van der Waals surface area contributed by atoms with E-state index in [1.54, 1.807) is 0 Å². The summed E-state index contributed by atoms with van der Waals surface area (Å²) in [6.45, 7) is 6.37. The van der Waals surface area contributed by atoms with Crippen LogP contribution in [0.1, 0.15) is 33.9 Å². The summed E-state index contributed by atoms with van der Waals surface area (Å²) in [6.07, 6.45) is 0.757. The highest BCUT2D eigenvalue weighted by molar-refractivity contribution is 9.10. The molecular weight excluding hydrogens is 348 g/mol. The Bertz CT molecular complexity index is 632. The number of hydrogen-bond acceptors (Lipinski definition) is 2. The van der Waals surface area contributed by atoms with E-state index in [0.29, 0.717) is 0 Å². The second-order valence-electron chi connectivity index (χ2n) is 5.47. The van der Waals surface area contributed by atoms with E-state index in [1.807, 2.05) is 18.2 Å². The molecule has 2 rings (SSSR count). The Balaban J connectivity index is 2.37. The molecule has 1 atom stereocenters. The smallest absolute Gasteiger partial charge is 0.0506 e. The lowest BCUT2D eigenvalue weighted by atomic mass is 9.91. The lowest BCUT2D eigenvalue weighted by Gasteiger charge is -2.22. The fourth-order valence-electron chi connectivity index (χ4n) is 2.89. The molecule has 2 aromatic rings. The Kier molecular flexibility index (Phi) is 5.44. The summed E-state index contributed by atoms with van der Waals surface area (Å²) in [5.41, 5.74) is 9.05. The van der Waals surface area contributed by atoms with Gasteiger partial charge in [0.25, 0.3) is 0 Å². The molecule has 0 bridgehead atoms. The Labute approximate surface area is 139 Å². The number of hydrazine groups is 1. The fourth-order valence-corrected chi connectivity index (χ4v) is 3.64. The third kappa shape index (κ3) is 3.86. The van der Waals surface area contributed by atoms with Crippen molar-refractivity contribution in [3.05, 3.63) is 67.6 Å². The molecule has 0 spiro atoms. The molecule has 2 nitrogen and oxygen atoms in total. The SMILES string of the molecule is Cc1cc(C)c(C(Cc2ccc(Br)cc2Cl)NN)c(C)c1. The van der Waals surface area contributed by atoms with Gasteiger partial charge in [-0.05, 0) is 61.6 Å². The molecule has 3 N–H and O–H groups in total. The number of benzene rings is 2. The summed E-state index contributed by atoms with van der Waals surface area (Å²) >= 11 is 9.76. The van der Waals surface area contributed by atoms with Gasteiger partial charge in [-0.2, -0.15) is 0 Å². The van der Waals surface area contributed by atoms with Crippen LogP contribution in [-0.4, -0.2) is 0 Å². The second-order valence-corrected chi connectivity index (χ2v) is 6.79. The van der Waals surface area contributed by atoms with E-state index in [1.165, 1.54) is 22.3 Å². The summed E-state index contributed by atoms with van der Waals surface area (Å²) in [4.78, 5) is 0. The van der Waals surface area contributed by atoms with Crippen molar-refractivity contribution in [1.82, 2.24) is 5.43 Å². The Morgan fingerprint density at radius 3 is 2.29 bits per heavy atom. The van der Waals surface area contributed by atoms with Crippen LogP contribution in [0.15, 0.2) is 34.8 Å². The highest BCUT2D eigenvalue weighted by Crippen LogP contribution is 2.29. The molecule has 0 fully saturated rings. The number of halogens is 2. The Hall–Kier alpha value is -0.870. The van der Waals surface area contributed by atoms with Gasteiger partial charge in [-0.1, -0.05) is 51.3 Å². The molecule has 0 saturated carbocycles. The predicted molar refractivity (Wildman–Crippen MR) is 93.6 cm³/mol. The highest BCUT2D eigenvalue weighted by atomic mass is 79.9. The second kappa shape index (κ2) is 6.93. The third-order valence-corrected chi connectivity index (χ3v) is 4.57. The van der Waals surface area contributed by atoms with Crippen LogP contribution in [-0.2, 0) is 6.42 Å². The molecule has 1 unspecified atom stereocenters. The lowest BCUT2D eigenvalue weighted by molar-refractivity contribution is 0.546. The summed E-state index contributed by atoms with van der Waals surface area (Å²) in [5, 5.41) is 0.757. The van der Waals surface area contributed by atoms with Crippen molar-refractivity contribution in [2.45, 2.75) is 33.2 Å². The van der Waals surface area contributed by atoms with Crippen molar-refractivity contribution >= 4 is 27.5 Å². The van der Waals surface area contributed by atoms with Crippen molar-refractivity contribution in [2.24, 2.45) is 5.84 Å². The van der Waals surface area contributed by atoms with Crippen LogP contribution < -0.4 is 11.3 Å². The Morgan fingerprint density at radius 1 is 1.14 bits per heavy atom. The standard InChI is InChI=1S/C17H20BrClN2/c1-10-6-11(2)17(12(3)7-10)16(21-20)8-13-4-5-14(18)9-15(13)19/h4-7,9,16,21H,8,20H2,1-3H3. The van der Waals surface area contributed by atoms with Crippen LogP contribution in [0.25, 0.3) is 0 Å². The van der Waals surface area contributed by atoms with Gasteiger partial charge in [0.2, 0.25) is 0 Å². The van der Waals surface area contributed by atoms with E-state index < -0.39 is 0 Å². The van der Waals surface area contributed by atoms with E-state index in [-0.39, 0.29) is 6.04 Å². The van der Waals surface area contributed by atoms with Gasteiger partial charge in [0.1, 0.15) is 0 Å². The Morgan fingerprint density at radius 2 is 1.76 bits per heavy atom. The monoisotopic (exact) mass is 366 g/mol. The normalized spacial score (nSPS) is 12.5. The van der Waals surface area contributed by atoms with E-state index >= 15 is 0 Å². The number of nitrogens with one attached hydrogen (secondary N) is 1. The van der Waals surface area contributed by atoms with Gasteiger partial charge in [0.15, 0.2) is 0 Å². The zero-order valence-corrected chi connectivity index (χ0v) is 14.8. The van der Waals surface area contributed by atoms with Gasteiger partial charge in [-0.25, -0.2) is 0 Å². The van der Waals surface area contributed by atoms with E-state index in [2.05, 4.69) is 54.3 Å². The maximum absolute atomic E-state index is 6.32. The topological polar surface area (TPSA) is 38.0 Å². The average molecular weight is 368 g/mol. The van der Waals surface area contributed by atoms with Gasteiger partial charge in [-0.15, -0.1) is 0 Å². The van der Waals surface area contributed by atoms with Crippen LogP contribution in [0.5, 0.6) is 0 Å². The number of rotatable bonds is 4. The molecular formula is C17H20BrClN2. The predicted octanol–water partition coefficient (Wildman–Crippen LogP) is 4.77. The minimum Gasteiger partial charge on any atom is -0.271 e. The van der Waals surface area contributed by atoms with Gasteiger partial charge in [-0.3, -0.25) is 11.3 Å².